The van der Waals surface area contributed by atoms with E-state index in [0.717, 1.165) is 29.7 Å². The summed E-state index contributed by atoms with van der Waals surface area (Å²) in [6, 6.07) is -0.307. The van der Waals surface area contributed by atoms with Crippen LogP contribution in [-0.4, -0.2) is 50.9 Å². The highest BCUT2D eigenvalue weighted by atomic mass is 16.3. The van der Waals surface area contributed by atoms with Gasteiger partial charge in [-0.25, -0.2) is 9.67 Å². The van der Waals surface area contributed by atoms with Crippen LogP contribution < -0.4 is 5.32 Å². The van der Waals surface area contributed by atoms with E-state index in [1.165, 1.54) is 0 Å². The predicted molar refractivity (Wildman–Crippen MR) is 102 cm³/mol. The maximum Gasteiger partial charge on any atom is 0.272 e. The molecule has 144 valence electrons. The van der Waals surface area contributed by atoms with E-state index in [9.17, 15) is 15.0 Å². The molecule has 3 N–H and O–H groups in total. The third-order valence-electron chi connectivity index (χ3n) is 5.83. The zero-order valence-corrected chi connectivity index (χ0v) is 15.9. The summed E-state index contributed by atoms with van der Waals surface area (Å²) in [7, 11) is 0. The lowest BCUT2D eigenvalue weighted by molar-refractivity contribution is 0.0890. The Morgan fingerprint density at radius 3 is 2.93 bits per heavy atom. The second-order valence-electron chi connectivity index (χ2n) is 8.10. The number of aliphatic imine (C=N–C) groups is 1. The molecule has 27 heavy (non-hydrogen) atoms. The highest BCUT2D eigenvalue weighted by Crippen LogP contribution is 2.57. The molecular weight excluding hydrogens is 344 g/mol. The smallest absolute Gasteiger partial charge is 0.272 e. The van der Waals surface area contributed by atoms with Crippen LogP contribution in [0, 0.1) is 11.8 Å². The summed E-state index contributed by atoms with van der Waals surface area (Å²) in [6.45, 7) is 5.66. The van der Waals surface area contributed by atoms with Crippen molar-refractivity contribution >= 4 is 17.9 Å². The molecule has 1 aliphatic heterocycles. The van der Waals surface area contributed by atoms with Gasteiger partial charge in [-0.3, -0.25) is 4.79 Å². The van der Waals surface area contributed by atoms with Crippen molar-refractivity contribution in [3.63, 3.8) is 0 Å². The van der Waals surface area contributed by atoms with Crippen LogP contribution in [0.4, 0.5) is 0 Å². The number of carbonyl (C=O) groups is 1. The Balaban J connectivity index is 1.70. The Morgan fingerprint density at radius 1 is 1.44 bits per heavy atom. The number of hydrogen-bond acceptors (Lipinski definition) is 5. The molecule has 0 radical (unpaired) electrons. The van der Waals surface area contributed by atoms with Crippen molar-refractivity contribution in [1.29, 1.82) is 0 Å². The average Bonchev–Trinajstić information content (AvgIpc) is 3.18. The Morgan fingerprint density at radius 2 is 2.22 bits per heavy atom. The van der Waals surface area contributed by atoms with Crippen molar-refractivity contribution in [2.45, 2.75) is 51.7 Å². The molecule has 0 saturated heterocycles. The average molecular weight is 370 g/mol. The van der Waals surface area contributed by atoms with Gasteiger partial charge in [-0.05, 0) is 49.3 Å². The highest BCUT2D eigenvalue weighted by Gasteiger charge is 2.50. The van der Waals surface area contributed by atoms with Crippen LogP contribution in [-0.2, 0) is 6.42 Å². The molecule has 1 amide bonds. The largest absolute Gasteiger partial charge is 0.394 e. The first-order valence-corrected chi connectivity index (χ1v) is 9.55. The standard InChI is InChI=1S/C20H26N4O3/c1-10(2)15(9-25)22-20(27)18-14-7-12-6-13(12)19(14)24(23-18)17-8-16(26)11(3)4-5-21-17/h4-5,8,10,12-13,15-16,25-26H,6-7,9H2,1-3H3,(H,22,27)/t12-,13-,15-,16?/m1/s1. The Bertz CT molecular complexity index is 865. The first-order valence-electron chi connectivity index (χ1n) is 9.55. The fourth-order valence-electron chi connectivity index (χ4n) is 3.90. The Labute approximate surface area is 158 Å². The first kappa shape index (κ1) is 18.1. The summed E-state index contributed by atoms with van der Waals surface area (Å²) in [5.74, 6) is 1.40. The number of nitrogens with zero attached hydrogens (tertiary/aromatic N) is 3. The number of amides is 1. The van der Waals surface area contributed by atoms with Gasteiger partial charge in [-0.15, -0.1) is 0 Å². The van der Waals surface area contributed by atoms with Crippen LogP contribution in [0.1, 0.15) is 54.9 Å². The monoisotopic (exact) mass is 370 g/mol. The Hall–Kier alpha value is -2.25. The van der Waals surface area contributed by atoms with Gasteiger partial charge in [0.25, 0.3) is 5.91 Å². The van der Waals surface area contributed by atoms with E-state index >= 15 is 0 Å². The van der Waals surface area contributed by atoms with Crippen LogP contribution in [0.25, 0.3) is 5.82 Å². The van der Waals surface area contributed by atoms with E-state index in [1.807, 2.05) is 20.8 Å². The molecule has 0 spiro atoms. The van der Waals surface area contributed by atoms with Crippen LogP contribution in [0.2, 0.25) is 0 Å². The minimum atomic E-state index is -0.726. The van der Waals surface area contributed by atoms with Gasteiger partial charge in [0, 0.05) is 17.7 Å². The summed E-state index contributed by atoms with van der Waals surface area (Å²) in [4.78, 5) is 17.3. The summed E-state index contributed by atoms with van der Waals surface area (Å²) >= 11 is 0. The van der Waals surface area contributed by atoms with Crippen molar-refractivity contribution < 1.29 is 15.0 Å². The van der Waals surface area contributed by atoms with Crippen molar-refractivity contribution in [1.82, 2.24) is 15.1 Å². The third kappa shape index (κ3) is 3.15. The van der Waals surface area contributed by atoms with Crippen LogP contribution in [0.5, 0.6) is 0 Å². The van der Waals surface area contributed by atoms with E-state index in [0.29, 0.717) is 23.4 Å². The number of fused-ring (bicyclic) bond motifs is 3. The van der Waals surface area contributed by atoms with Gasteiger partial charge in [0.2, 0.25) is 0 Å². The van der Waals surface area contributed by atoms with E-state index in [4.69, 9.17) is 0 Å². The molecule has 2 heterocycles. The lowest BCUT2D eigenvalue weighted by Gasteiger charge is -2.19. The van der Waals surface area contributed by atoms with Gasteiger partial charge in [0.05, 0.1) is 24.4 Å². The van der Waals surface area contributed by atoms with E-state index in [-0.39, 0.29) is 24.5 Å². The van der Waals surface area contributed by atoms with Gasteiger partial charge >= 0.3 is 0 Å². The molecule has 0 aromatic carbocycles. The summed E-state index contributed by atoms with van der Waals surface area (Å²) < 4.78 is 1.73. The van der Waals surface area contributed by atoms with Gasteiger partial charge in [0.1, 0.15) is 0 Å². The molecule has 1 aromatic heterocycles. The maximum absolute atomic E-state index is 12.9. The second-order valence-corrected chi connectivity index (χ2v) is 8.10. The fraction of sp³-hybridized carbons (Fsp3) is 0.550. The minimum Gasteiger partial charge on any atom is -0.394 e. The highest BCUT2D eigenvalue weighted by molar-refractivity contribution is 5.95. The molecule has 2 aliphatic carbocycles. The summed E-state index contributed by atoms with van der Waals surface area (Å²) in [5, 5.41) is 27.3. The molecular formula is C20H26N4O3. The quantitative estimate of drug-likeness (QED) is 0.731. The van der Waals surface area contributed by atoms with Crippen LogP contribution in [0.15, 0.2) is 22.7 Å². The lowest BCUT2D eigenvalue weighted by atomic mass is 10.0. The van der Waals surface area contributed by atoms with Crippen LogP contribution >= 0.6 is 0 Å². The molecule has 4 rings (SSSR count). The van der Waals surface area contributed by atoms with Gasteiger partial charge in [-0.1, -0.05) is 13.8 Å². The molecule has 3 aliphatic rings. The van der Waals surface area contributed by atoms with Crippen LogP contribution in [0.3, 0.4) is 0 Å². The number of nitrogens with one attached hydrogen (secondary N) is 1. The first-order chi connectivity index (χ1) is 12.9. The maximum atomic E-state index is 12.9. The van der Waals surface area contributed by atoms with Crippen molar-refractivity contribution in [2.24, 2.45) is 16.8 Å². The van der Waals surface area contributed by atoms with Crippen molar-refractivity contribution in [3.8, 4) is 0 Å². The SMILES string of the molecule is CC1=CC=NC(n2nc(C(=O)N[C@H](CO)C(C)C)c3c2[C@@H]2C[C@@H]2C3)=CC1O. The van der Waals surface area contributed by atoms with Gasteiger partial charge in [0.15, 0.2) is 11.5 Å². The number of aliphatic hydroxyl groups excluding tert-OH is 2. The zero-order valence-electron chi connectivity index (χ0n) is 15.9. The number of allylic oxidation sites excluding steroid dienone is 1. The summed E-state index contributed by atoms with van der Waals surface area (Å²) in [6.07, 6.45) is 6.35. The molecule has 1 aromatic rings. The Kier molecular flexibility index (Phi) is 4.52. The third-order valence-corrected chi connectivity index (χ3v) is 5.83. The van der Waals surface area contributed by atoms with E-state index in [1.54, 1.807) is 23.0 Å². The van der Waals surface area contributed by atoms with Crippen molar-refractivity contribution in [2.75, 3.05) is 6.61 Å². The topological polar surface area (TPSA) is 99.7 Å². The fourth-order valence-corrected chi connectivity index (χ4v) is 3.90. The normalized spacial score (nSPS) is 26.8. The lowest BCUT2D eigenvalue weighted by Crippen LogP contribution is -2.41. The number of carbonyl (C=O) groups excluding carboxylic acids is 1. The van der Waals surface area contributed by atoms with Crippen molar-refractivity contribution in [3.05, 3.63) is 34.7 Å². The molecule has 7 nitrogen and oxygen atoms in total. The predicted octanol–water partition coefficient (Wildman–Crippen LogP) is 1.48. The molecule has 1 saturated carbocycles. The van der Waals surface area contributed by atoms with Gasteiger partial charge < -0.3 is 15.5 Å². The summed E-state index contributed by atoms with van der Waals surface area (Å²) in [5.41, 5.74) is 3.25. The number of aliphatic hydroxyl groups is 2. The molecule has 4 atom stereocenters. The second kappa shape index (κ2) is 6.73. The van der Waals surface area contributed by atoms with Gasteiger partial charge in [-0.2, -0.15) is 5.10 Å². The molecule has 1 fully saturated rings. The molecule has 1 unspecified atom stereocenters. The molecule has 7 heteroatoms. The number of hydrogen-bond donors (Lipinski definition) is 3. The number of rotatable bonds is 5. The minimum absolute atomic E-state index is 0.107. The van der Waals surface area contributed by atoms with E-state index < -0.39 is 6.10 Å². The van der Waals surface area contributed by atoms with E-state index in [2.05, 4.69) is 15.4 Å². The molecule has 0 bridgehead atoms. The zero-order chi connectivity index (χ0) is 19.3. The number of aromatic nitrogens is 2.